The summed E-state index contributed by atoms with van der Waals surface area (Å²) in [5.74, 6) is -1.64. The summed E-state index contributed by atoms with van der Waals surface area (Å²) in [7, 11) is 1.22. The lowest BCUT2D eigenvalue weighted by Crippen LogP contribution is -2.37. The third-order valence-corrected chi connectivity index (χ3v) is 6.31. The highest BCUT2D eigenvalue weighted by Gasteiger charge is 2.41. The van der Waals surface area contributed by atoms with Crippen LogP contribution in [0.15, 0.2) is 53.5 Å². The van der Waals surface area contributed by atoms with Gasteiger partial charge in [-0.15, -0.1) is 0 Å². The van der Waals surface area contributed by atoms with Crippen LogP contribution in [0.3, 0.4) is 0 Å². The van der Waals surface area contributed by atoms with Crippen molar-refractivity contribution in [2.24, 2.45) is 5.73 Å². The predicted octanol–water partition coefficient (Wildman–Crippen LogP) is 4.04. The van der Waals surface area contributed by atoms with Crippen molar-refractivity contribution in [3.8, 4) is 5.69 Å². The van der Waals surface area contributed by atoms with Gasteiger partial charge in [0.2, 0.25) is 5.43 Å². The van der Waals surface area contributed by atoms with Crippen molar-refractivity contribution in [1.29, 1.82) is 0 Å². The third-order valence-electron chi connectivity index (χ3n) is 6.31. The van der Waals surface area contributed by atoms with Crippen molar-refractivity contribution in [3.05, 3.63) is 70.0 Å². The van der Waals surface area contributed by atoms with Crippen molar-refractivity contribution in [2.45, 2.75) is 51.1 Å². The van der Waals surface area contributed by atoms with E-state index in [2.05, 4.69) is 0 Å². The lowest BCUT2D eigenvalue weighted by atomic mass is 10.1. The van der Waals surface area contributed by atoms with Crippen LogP contribution < -0.4 is 16.1 Å². The number of halogens is 3. The van der Waals surface area contributed by atoms with Gasteiger partial charge in [0, 0.05) is 30.2 Å². The van der Waals surface area contributed by atoms with Crippen LogP contribution in [0.25, 0.3) is 16.6 Å². The summed E-state index contributed by atoms with van der Waals surface area (Å²) < 4.78 is 55.4. The number of anilines is 1. The van der Waals surface area contributed by atoms with E-state index in [9.17, 15) is 27.6 Å². The normalized spacial score (nSPS) is 18.1. The maximum Gasteiger partial charge on any atom is 0.418 e. The number of amides is 1. The largest absolute Gasteiger partial charge is 0.467 e. The van der Waals surface area contributed by atoms with Crippen LogP contribution in [-0.2, 0) is 20.4 Å². The zero-order valence-corrected chi connectivity index (χ0v) is 21.3. The van der Waals surface area contributed by atoms with E-state index < -0.39 is 52.4 Å². The first-order valence-electron chi connectivity index (χ1n) is 11.9. The molecule has 1 aliphatic heterocycles. The fourth-order valence-corrected chi connectivity index (χ4v) is 4.82. The standard InChI is InChI=1S/C27H28F3N3O5/c1-26(2,3)38-16-12-22(25(36)37-4)32(13-16)15-9-10-21(19(11-15)27(28,29)30)33-14-18(24(31)35)23(34)17-7-5-6-8-20(17)33/h5-11,14,16,22H,12-13H2,1-4H3,(H2,31,35). The number of nitrogens with zero attached hydrogens (tertiary/aromatic N) is 2. The van der Waals surface area contributed by atoms with E-state index >= 15 is 0 Å². The van der Waals surface area contributed by atoms with Gasteiger partial charge >= 0.3 is 12.1 Å². The lowest BCUT2D eigenvalue weighted by Gasteiger charge is -2.27. The number of carbonyl (C=O) groups excluding carboxylic acids is 2. The molecule has 11 heteroatoms. The van der Waals surface area contributed by atoms with E-state index in [-0.39, 0.29) is 35.2 Å². The summed E-state index contributed by atoms with van der Waals surface area (Å²) in [6, 6.07) is 8.83. The second-order valence-corrected chi connectivity index (χ2v) is 10.1. The number of pyridine rings is 1. The Bertz CT molecular complexity index is 1460. The number of methoxy groups -OCH3 is 1. The minimum atomic E-state index is -4.82. The van der Waals surface area contributed by atoms with Crippen molar-refractivity contribution in [3.63, 3.8) is 0 Å². The van der Waals surface area contributed by atoms with Gasteiger partial charge in [-0.05, 0) is 51.1 Å². The SMILES string of the molecule is COC(=O)C1CC(OC(C)(C)C)CN1c1ccc(-n2cc(C(N)=O)c(=O)c3ccccc32)c(C(F)(F)F)c1. The van der Waals surface area contributed by atoms with Gasteiger partial charge < -0.3 is 24.7 Å². The van der Waals surface area contributed by atoms with Crippen LogP contribution in [0.1, 0.15) is 43.1 Å². The van der Waals surface area contributed by atoms with Gasteiger partial charge in [0.15, 0.2) is 0 Å². The molecule has 0 spiro atoms. The number of benzene rings is 2. The molecule has 4 rings (SSSR count). The van der Waals surface area contributed by atoms with Crippen molar-refractivity contribution < 1.29 is 32.2 Å². The molecule has 1 amide bonds. The Kier molecular flexibility index (Phi) is 7.00. The molecule has 0 radical (unpaired) electrons. The second-order valence-electron chi connectivity index (χ2n) is 10.1. The monoisotopic (exact) mass is 531 g/mol. The first-order chi connectivity index (χ1) is 17.7. The fourth-order valence-electron chi connectivity index (χ4n) is 4.82. The van der Waals surface area contributed by atoms with E-state index in [0.29, 0.717) is 0 Å². The van der Waals surface area contributed by atoms with Gasteiger partial charge in [0.25, 0.3) is 5.91 Å². The molecule has 1 fully saturated rings. The minimum absolute atomic E-state index is 0.0495. The summed E-state index contributed by atoms with van der Waals surface area (Å²) in [6.07, 6.45) is -3.95. The number of nitrogens with two attached hydrogens (primary N) is 1. The van der Waals surface area contributed by atoms with E-state index in [1.165, 1.54) is 31.4 Å². The summed E-state index contributed by atoms with van der Waals surface area (Å²) in [6.45, 7) is 5.75. The molecule has 0 saturated carbocycles. The highest BCUT2D eigenvalue weighted by atomic mass is 19.4. The number of hydrogen-bond acceptors (Lipinski definition) is 6. The Morgan fingerprint density at radius 1 is 1.08 bits per heavy atom. The maximum absolute atomic E-state index is 14.5. The van der Waals surface area contributed by atoms with Gasteiger partial charge in [0.1, 0.15) is 11.6 Å². The number of fused-ring (bicyclic) bond motifs is 1. The first kappa shape index (κ1) is 27.2. The summed E-state index contributed by atoms with van der Waals surface area (Å²) >= 11 is 0. The number of ether oxygens (including phenoxy) is 2. The molecule has 1 saturated heterocycles. The molecule has 2 N–H and O–H groups in total. The number of para-hydroxylation sites is 1. The highest BCUT2D eigenvalue weighted by molar-refractivity contribution is 5.96. The average Bonchev–Trinajstić information content (AvgIpc) is 3.25. The quantitative estimate of drug-likeness (QED) is 0.499. The predicted molar refractivity (Wildman–Crippen MR) is 135 cm³/mol. The smallest absolute Gasteiger partial charge is 0.418 e. The number of primary amides is 1. The molecule has 1 aliphatic rings. The number of aromatic nitrogens is 1. The topological polar surface area (TPSA) is 104 Å². The molecular formula is C27H28F3N3O5. The number of esters is 1. The Morgan fingerprint density at radius 3 is 2.37 bits per heavy atom. The minimum Gasteiger partial charge on any atom is -0.467 e. The molecule has 8 nitrogen and oxygen atoms in total. The molecule has 38 heavy (non-hydrogen) atoms. The fraction of sp³-hybridized carbons (Fsp3) is 0.370. The average molecular weight is 532 g/mol. The van der Waals surface area contributed by atoms with Gasteiger partial charge in [-0.3, -0.25) is 9.59 Å². The van der Waals surface area contributed by atoms with Gasteiger partial charge in [-0.2, -0.15) is 13.2 Å². The Balaban J connectivity index is 1.89. The van der Waals surface area contributed by atoms with Crippen molar-refractivity contribution >= 4 is 28.5 Å². The van der Waals surface area contributed by atoms with E-state index in [1.807, 2.05) is 20.8 Å². The Hall–Kier alpha value is -3.86. The van der Waals surface area contributed by atoms with Crippen LogP contribution in [0, 0.1) is 0 Å². The van der Waals surface area contributed by atoms with E-state index in [4.69, 9.17) is 15.2 Å². The molecule has 202 valence electrons. The van der Waals surface area contributed by atoms with Crippen LogP contribution >= 0.6 is 0 Å². The highest BCUT2D eigenvalue weighted by Crippen LogP contribution is 2.39. The zero-order chi connectivity index (χ0) is 28.0. The molecule has 2 aromatic carbocycles. The van der Waals surface area contributed by atoms with Gasteiger partial charge in [0.05, 0.1) is 35.6 Å². The molecule has 0 bridgehead atoms. The summed E-state index contributed by atoms with van der Waals surface area (Å²) in [4.78, 5) is 38.7. The van der Waals surface area contributed by atoms with Crippen LogP contribution in [0.2, 0.25) is 0 Å². The zero-order valence-electron chi connectivity index (χ0n) is 21.3. The maximum atomic E-state index is 14.5. The number of rotatable bonds is 5. The Labute approximate surface area is 216 Å². The molecule has 2 unspecified atom stereocenters. The van der Waals surface area contributed by atoms with E-state index in [1.54, 1.807) is 17.0 Å². The van der Waals surface area contributed by atoms with Crippen molar-refractivity contribution in [2.75, 3.05) is 18.6 Å². The first-order valence-corrected chi connectivity index (χ1v) is 11.9. The summed E-state index contributed by atoms with van der Waals surface area (Å²) in [5.41, 5.74) is 2.72. The molecular weight excluding hydrogens is 503 g/mol. The van der Waals surface area contributed by atoms with Crippen LogP contribution in [-0.4, -0.2) is 47.8 Å². The molecule has 0 aliphatic carbocycles. The lowest BCUT2D eigenvalue weighted by molar-refractivity contribution is -0.142. The molecule has 2 atom stereocenters. The summed E-state index contributed by atoms with van der Waals surface area (Å²) in [5, 5.41) is 0.0495. The van der Waals surface area contributed by atoms with Crippen LogP contribution in [0.4, 0.5) is 18.9 Å². The number of hydrogen-bond donors (Lipinski definition) is 1. The Morgan fingerprint density at radius 2 is 1.76 bits per heavy atom. The van der Waals surface area contributed by atoms with Crippen molar-refractivity contribution in [1.82, 2.24) is 4.57 Å². The second kappa shape index (κ2) is 9.79. The van der Waals surface area contributed by atoms with Gasteiger partial charge in [-0.25, -0.2) is 4.79 Å². The molecule has 2 heterocycles. The van der Waals surface area contributed by atoms with E-state index in [0.717, 1.165) is 16.8 Å². The molecule has 1 aromatic heterocycles. The molecule has 3 aromatic rings. The third kappa shape index (κ3) is 5.24. The van der Waals surface area contributed by atoms with Gasteiger partial charge in [-0.1, -0.05) is 12.1 Å². The van der Waals surface area contributed by atoms with Crippen LogP contribution in [0.5, 0.6) is 0 Å². The number of alkyl halides is 3. The number of carbonyl (C=O) groups is 2.